The van der Waals surface area contributed by atoms with Gasteiger partial charge >= 0.3 is 0 Å². The molecule has 30 heavy (non-hydrogen) atoms. The van der Waals surface area contributed by atoms with E-state index >= 15 is 0 Å². The lowest BCUT2D eigenvalue weighted by atomic mass is 10.0. The van der Waals surface area contributed by atoms with E-state index in [1.807, 2.05) is 80.6 Å². The maximum atomic E-state index is 12.7. The number of hydrogen-bond donors (Lipinski definition) is 1. The topological polar surface area (TPSA) is 60.5 Å². The molecule has 1 heterocycles. The minimum absolute atomic E-state index is 0.0487. The summed E-state index contributed by atoms with van der Waals surface area (Å²) in [6.45, 7) is 3.92. The van der Waals surface area contributed by atoms with Crippen LogP contribution in [0.1, 0.15) is 36.7 Å². The smallest absolute Gasteiger partial charge is 0.244 e. The van der Waals surface area contributed by atoms with Crippen molar-refractivity contribution in [1.29, 1.82) is 0 Å². The van der Waals surface area contributed by atoms with E-state index in [1.54, 1.807) is 19.4 Å². The van der Waals surface area contributed by atoms with E-state index in [0.717, 1.165) is 16.8 Å². The molecule has 1 N–H and O–H groups in total. The second-order valence-electron chi connectivity index (χ2n) is 7.02. The molecule has 0 saturated carbocycles. The van der Waals surface area contributed by atoms with E-state index in [0.29, 0.717) is 11.5 Å². The van der Waals surface area contributed by atoms with Gasteiger partial charge in [-0.05, 0) is 55.3 Å². The third-order valence-electron chi connectivity index (χ3n) is 4.38. The largest absolute Gasteiger partial charge is 0.493 e. The molecule has 0 aliphatic heterocycles. The van der Waals surface area contributed by atoms with E-state index < -0.39 is 0 Å². The van der Waals surface area contributed by atoms with Crippen LogP contribution in [0.4, 0.5) is 0 Å². The molecule has 0 bridgehead atoms. The summed E-state index contributed by atoms with van der Waals surface area (Å²) in [6, 6.07) is 20.7. The maximum Gasteiger partial charge on any atom is 0.244 e. The number of rotatable bonds is 8. The molecule has 1 amide bonds. The first-order valence-corrected chi connectivity index (χ1v) is 9.86. The standard InChI is InChI=1S/C25H26N2O3/c1-18(2)30-22-14-12-19(17-23(22)29-3)13-15-24(28)27-25(20-9-5-4-6-10-20)21-11-7-8-16-26-21/h4-18,25H,1-3H3,(H,27,28)/b15-13+. The molecule has 0 aliphatic rings. The zero-order valence-electron chi connectivity index (χ0n) is 17.4. The molecule has 5 heteroatoms. The Balaban J connectivity index is 1.76. The Morgan fingerprint density at radius 3 is 2.43 bits per heavy atom. The first kappa shape index (κ1) is 21.1. The van der Waals surface area contributed by atoms with E-state index in [-0.39, 0.29) is 18.1 Å². The maximum absolute atomic E-state index is 12.7. The first-order chi connectivity index (χ1) is 14.6. The minimum atomic E-state index is -0.332. The molecule has 3 rings (SSSR count). The van der Waals surface area contributed by atoms with Crippen LogP contribution in [0.25, 0.3) is 6.08 Å². The van der Waals surface area contributed by atoms with Gasteiger partial charge in [0.2, 0.25) is 5.91 Å². The van der Waals surface area contributed by atoms with Gasteiger partial charge in [-0.25, -0.2) is 0 Å². The molecule has 0 radical (unpaired) electrons. The SMILES string of the molecule is COc1cc(/C=C/C(=O)NC(c2ccccc2)c2ccccn2)ccc1OC(C)C. The summed E-state index contributed by atoms with van der Waals surface area (Å²) in [5.74, 6) is 1.09. The summed E-state index contributed by atoms with van der Waals surface area (Å²) >= 11 is 0. The molecule has 1 unspecified atom stereocenters. The summed E-state index contributed by atoms with van der Waals surface area (Å²) in [7, 11) is 1.60. The number of methoxy groups -OCH3 is 1. The van der Waals surface area contributed by atoms with Crippen molar-refractivity contribution in [2.24, 2.45) is 0 Å². The number of nitrogens with zero attached hydrogens (tertiary/aromatic N) is 1. The van der Waals surface area contributed by atoms with Crippen molar-refractivity contribution in [3.05, 3.63) is 95.8 Å². The van der Waals surface area contributed by atoms with Gasteiger partial charge in [0, 0.05) is 12.3 Å². The predicted octanol–water partition coefficient (Wildman–Crippen LogP) is 4.80. The Hall–Kier alpha value is -3.60. The highest BCUT2D eigenvalue weighted by Gasteiger charge is 2.16. The summed E-state index contributed by atoms with van der Waals surface area (Å²) in [5, 5.41) is 3.04. The van der Waals surface area contributed by atoms with Gasteiger partial charge < -0.3 is 14.8 Å². The third kappa shape index (κ3) is 5.70. The summed E-state index contributed by atoms with van der Waals surface area (Å²) in [5.41, 5.74) is 2.59. The fourth-order valence-corrected chi connectivity index (χ4v) is 3.02. The van der Waals surface area contributed by atoms with Crippen LogP contribution in [-0.4, -0.2) is 24.1 Å². The lowest BCUT2D eigenvalue weighted by Gasteiger charge is -2.18. The Morgan fingerprint density at radius 2 is 1.77 bits per heavy atom. The second kappa shape index (κ2) is 10.3. The van der Waals surface area contributed by atoms with Crippen molar-refractivity contribution < 1.29 is 14.3 Å². The number of carbonyl (C=O) groups is 1. The number of ether oxygens (including phenoxy) is 2. The second-order valence-corrected chi connectivity index (χ2v) is 7.02. The van der Waals surface area contributed by atoms with Crippen molar-refractivity contribution >= 4 is 12.0 Å². The fraction of sp³-hybridized carbons (Fsp3) is 0.200. The van der Waals surface area contributed by atoms with Crippen LogP contribution in [0.3, 0.4) is 0 Å². The van der Waals surface area contributed by atoms with Crippen LogP contribution in [0.15, 0.2) is 79.0 Å². The van der Waals surface area contributed by atoms with Gasteiger partial charge in [0.25, 0.3) is 0 Å². The molecule has 0 fully saturated rings. The quantitative estimate of drug-likeness (QED) is 0.550. The van der Waals surface area contributed by atoms with Crippen LogP contribution in [0, 0.1) is 0 Å². The van der Waals surface area contributed by atoms with Gasteiger partial charge in [0.15, 0.2) is 11.5 Å². The highest BCUT2D eigenvalue weighted by molar-refractivity contribution is 5.92. The Morgan fingerprint density at radius 1 is 1.00 bits per heavy atom. The molecule has 5 nitrogen and oxygen atoms in total. The first-order valence-electron chi connectivity index (χ1n) is 9.86. The van der Waals surface area contributed by atoms with Crippen molar-refractivity contribution in [3.8, 4) is 11.5 Å². The minimum Gasteiger partial charge on any atom is -0.493 e. The number of benzene rings is 2. The average molecular weight is 402 g/mol. The normalized spacial score (nSPS) is 12.0. The van der Waals surface area contributed by atoms with E-state index in [2.05, 4.69) is 10.3 Å². The highest BCUT2D eigenvalue weighted by atomic mass is 16.5. The van der Waals surface area contributed by atoms with Crippen LogP contribution in [-0.2, 0) is 4.79 Å². The highest BCUT2D eigenvalue weighted by Crippen LogP contribution is 2.29. The van der Waals surface area contributed by atoms with Crippen molar-refractivity contribution in [2.45, 2.75) is 26.0 Å². The van der Waals surface area contributed by atoms with E-state index in [1.165, 1.54) is 6.08 Å². The molecule has 1 aromatic heterocycles. The number of carbonyl (C=O) groups excluding carboxylic acids is 1. The number of nitrogens with one attached hydrogen (secondary N) is 1. The van der Waals surface area contributed by atoms with Crippen LogP contribution >= 0.6 is 0 Å². The average Bonchev–Trinajstić information content (AvgIpc) is 2.77. The Bertz CT molecular complexity index is 946. The molecule has 1 atom stereocenters. The molecule has 3 aromatic rings. The fourth-order valence-electron chi connectivity index (χ4n) is 3.02. The summed E-state index contributed by atoms with van der Waals surface area (Å²) in [6.07, 6.45) is 5.03. The van der Waals surface area contributed by atoms with Gasteiger partial charge in [-0.2, -0.15) is 0 Å². The van der Waals surface area contributed by atoms with Crippen LogP contribution in [0.5, 0.6) is 11.5 Å². The van der Waals surface area contributed by atoms with E-state index in [4.69, 9.17) is 9.47 Å². The number of aromatic nitrogens is 1. The van der Waals surface area contributed by atoms with Gasteiger partial charge in [0.05, 0.1) is 24.9 Å². The Kier molecular flexibility index (Phi) is 7.22. The Labute approximate surface area is 177 Å². The number of pyridine rings is 1. The van der Waals surface area contributed by atoms with Crippen molar-refractivity contribution in [3.63, 3.8) is 0 Å². The van der Waals surface area contributed by atoms with Crippen LogP contribution in [0.2, 0.25) is 0 Å². The molecule has 0 aliphatic carbocycles. The molecule has 0 saturated heterocycles. The van der Waals surface area contributed by atoms with Gasteiger partial charge in [-0.3, -0.25) is 9.78 Å². The van der Waals surface area contributed by atoms with Gasteiger partial charge in [0.1, 0.15) is 0 Å². The van der Waals surface area contributed by atoms with Gasteiger partial charge in [-0.15, -0.1) is 0 Å². The molecule has 2 aromatic carbocycles. The molecular weight excluding hydrogens is 376 g/mol. The van der Waals surface area contributed by atoms with Crippen LogP contribution < -0.4 is 14.8 Å². The molecule has 0 spiro atoms. The van der Waals surface area contributed by atoms with Crippen molar-refractivity contribution in [2.75, 3.05) is 7.11 Å². The summed E-state index contributed by atoms with van der Waals surface area (Å²) in [4.78, 5) is 17.1. The molecular formula is C25H26N2O3. The number of amides is 1. The molecule has 154 valence electrons. The lowest BCUT2D eigenvalue weighted by Crippen LogP contribution is -2.28. The summed E-state index contributed by atoms with van der Waals surface area (Å²) < 4.78 is 11.1. The number of hydrogen-bond acceptors (Lipinski definition) is 4. The third-order valence-corrected chi connectivity index (χ3v) is 4.38. The van der Waals surface area contributed by atoms with Gasteiger partial charge in [-0.1, -0.05) is 42.5 Å². The van der Waals surface area contributed by atoms with Crippen molar-refractivity contribution in [1.82, 2.24) is 10.3 Å². The lowest BCUT2D eigenvalue weighted by molar-refractivity contribution is -0.116. The monoisotopic (exact) mass is 402 g/mol. The van der Waals surface area contributed by atoms with E-state index in [9.17, 15) is 4.79 Å². The zero-order valence-corrected chi connectivity index (χ0v) is 17.4. The predicted molar refractivity (Wildman–Crippen MR) is 118 cm³/mol. The zero-order chi connectivity index (χ0) is 21.3.